The van der Waals surface area contributed by atoms with Crippen LogP contribution in [-0.2, 0) is 25.7 Å². The number of halogens is 1. The molecule has 0 saturated heterocycles. The highest BCUT2D eigenvalue weighted by molar-refractivity contribution is 6.30. The second kappa shape index (κ2) is 9.48. The van der Waals surface area contributed by atoms with E-state index in [2.05, 4.69) is 4.98 Å². The highest BCUT2D eigenvalue weighted by atomic mass is 35.5. The first-order valence-corrected chi connectivity index (χ1v) is 11.5. The van der Waals surface area contributed by atoms with Gasteiger partial charge in [0.1, 0.15) is 12.2 Å². The molecule has 10 heteroatoms. The van der Waals surface area contributed by atoms with Crippen LogP contribution in [0.25, 0.3) is 0 Å². The number of esters is 1. The van der Waals surface area contributed by atoms with Crippen molar-refractivity contribution in [1.29, 1.82) is 0 Å². The normalized spacial score (nSPS) is 24.0. The SMILES string of the molecule is Cc1ncc2c(c1OC(=O)[C@@H]1C[C@@H](O[N+](=O)[O-])[C@H](OC(C)(C)C)C1)COC2c1ccc(Cl)cc1. The first kappa shape index (κ1) is 24.4. The van der Waals surface area contributed by atoms with Gasteiger partial charge < -0.3 is 19.0 Å². The van der Waals surface area contributed by atoms with Gasteiger partial charge in [0.15, 0.2) is 5.75 Å². The Morgan fingerprint density at radius 1 is 1.21 bits per heavy atom. The number of rotatable bonds is 6. The van der Waals surface area contributed by atoms with Crippen molar-refractivity contribution in [2.45, 2.75) is 71.1 Å². The third kappa shape index (κ3) is 5.32. The van der Waals surface area contributed by atoms with Crippen molar-refractivity contribution in [3.63, 3.8) is 0 Å². The molecule has 9 nitrogen and oxygen atoms in total. The second-order valence-electron chi connectivity index (χ2n) is 9.57. The molecule has 2 aliphatic rings. The Morgan fingerprint density at radius 2 is 1.88 bits per heavy atom. The molecule has 4 rings (SSSR count). The van der Waals surface area contributed by atoms with Crippen LogP contribution in [0.3, 0.4) is 0 Å². The summed E-state index contributed by atoms with van der Waals surface area (Å²) in [6, 6.07) is 7.36. The van der Waals surface area contributed by atoms with Crippen LogP contribution in [0.1, 0.15) is 62.1 Å². The van der Waals surface area contributed by atoms with E-state index in [-0.39, 0.29) is 25.6 Å². The molecule has 1 aliphatic carbocycles. The largest absolute Gasteiger partial charge is 0.424 e. The van der Waals surface area contributed by atoms with E-state index in [9.17, 15) is 14.9 Å². The number of benzene rings is 1. The number of hydrogen-bond acceptors (Lipinski definition) is 8. The zero-order chi connectivity index (χ0) is 24.6. The van der Waals surface area contributed by atoms with Gasteiger partial charge in [-0.15, -0.1) is 10.1 Å². The Bertz CT molecular complexity index is 1080. The summed E-state index contributed by atoms with van der Waals surface area (Å²) in [6.45, 7) is 7.57. The minimum absolute atomic E-state index is 0.131. The Balaban J connectivity index is 1.53. The third-order valence-corrected chi connectivity index (χ3v) is 6.16. The predicted molar refractivity (Wildman–Crippen MR) is 122 cm³/mol. The molecule has 1 aromatic carbocycles. The van der Waals surface area contributed by atoms with Gasteiger partial charge in [0, 0.05) is 22.3 Å². The molecule has 2 aromatic rings. The number of nitrogens with zero attached hydrogens (tertiary/aromatic N) is 2. The molecule has 0 bridgehead atoms. The molecule has 1 aromatic heterocycles. The lowest BCUT2D eigenvalue weighted by Crippen LogP contribution is -2.35. The highest BCUT2D eigenvalue weighted by Gasteiger charge is 2.44. The third-order valence-electron chi connectivity index (χ3n) is 5.91. The molecule has 1 unspecified atom stereocenters. The molecule has 1 aliphatic heterocycles. The molecule has 0 radical (unpaired) electrons. The van der Waals surface area contributed by atoms with Crippen LogP contribution in [0.15, 0.2) is 30.5 Å². The molecule has 34 heavy (non-hydrogen) atoms. The maximum atomic E-state index is 13.1. The predicted octanol–water partition coefficient (Wildman–Crippen LogP) is 4.74. The minimum atomic E-state index is -0.843. The van der Waals surface area contributed by atoms with Crippen LogP contribution in [0.2, 0.25) is 5.02 Å². The molecule has 1 fully saturated rings. The molecule has 1 saturated carbocycles. The lowest BCUT2D eigenvalue weighted by Gasteiger charge is -2.27. The fraction of sp³-hybridized carbons (Fsp3) is 0.500. The Hall–Kier alpha value is -2.75. The molecule has 0 amide bonds. The zero-order valence-corrected chi connectivity index (χ0v) is 20.2. The van der Waals surface area contributed by atoms with Gasteiger partial charge in [0.25, 0.3) is 5.09 Å². The summed E-state index contributed by atoms with van der Waals surface area (Å²) in [6.07, 6.45) is 0.349. The Morgan fingerprint density at radius 3 is 2.53 bits per heavy atom. The van der Waals surface area contributed by atoms with E-state index >= 15 is 0 Å². The summed E-state index contributed by atoms with van der Waals surface area (Å²) in [4.78, 5) is 33.3. The maximum absolute atomic E-state index is 13.1. The molecule has 4 atom stereocenters. The summed E-state index contributed by atoms with van der Waals surface area (Å²) in [7, 11) is 0. The number of fused-ring (bicyclic) bond motifs is 1. The van der Waals surface area contributed by atoms with Crippen molar-refractivity contribution in [2.24, 2.45) is 5.92 Å². The Labute approximate surface area is 202 Å². The van der Waals surface area contributed by atoms with Crippen LogP contribution in [0, 0.1) is 23.0 Å². The molecule has 0 N–H and O–H groups in total. The smallest absolute Gasteiger partial charge is 0.314 e. The van der Waals surface area contributed by atoms with Crippen molar-refractivity contribution in [3.8, 4) is 5.75 Å². The molecular formula is C24H27ClN2O7. The fourth-order valence-corrected chi connectivity index (χ4v) is 4.60. The van der Waals surface area contributed by atoms with E-state index < -0.39 is 34.8 Å². The molecule has 2 heterocycles. The summed E-state index contributed by atoms with van der Waals surface area (Å²) < 4.78 is 17.8. The van der Waals surface area contributed by atoms with Crippen LogP contribution in [0.4, 0.5) is 0 Å². The lowest BCUT2D eigenvalue weighted by atomic mass is 10.00. The number of carbonyl (C=O) groups is 1. The van der Waals surface area contributed by atoms with Crippen molar-refractivity contribution < 1.29 is 28.9 Å². The van der Waals surface area contributed by atoms with Crippen LogP contribution in [-0.4, -0.2) is 33.8 Å². The lowest BCUT2D eigenvalue weighted by molar-refractivity contribution is -0.770. The van der Waals surface area contributed by atoms with E-state index in [4.69, 9.17) is 30.6 Å². The first-order valence-electron chi connectivity index (χ1n) is 11.1. The number of aromatic nitrogens is 1. The monoisotopic (exact) mass is 490 g/mol. The van der Waals surface area contributed by atoms with Gasteiger partial charge in [-0.1, -0.05) is 23.7 Å². The van der Waals surface area contributed by atoms with Crippen molar-refractivity contribution in [1.82, 2.24) is 4.98 Å². The molecule has 0 spiro atoms. The zero-order valence-electron chi connectivity index (χ0n) is 19.4. The summed E-state index contributed by atoms with van der Waals surface area (Å²) in [5.74, 6) is -0.738. The van der Waals surface area contributed by atoms with Gasteiger partial charge in [-0.25, -0.2) is 0 Å². The number of carbonyl (C=O) groups excluding carboxylic acids is 1. The van der Waals surface area contributed by atoms with Crippen molar-refractivity contribution >= 4 is 17.6 Å². The van der Waals surface area contributed by atoms with Gasteiger partial charge in [-0.3, -0.25) is 9.78 Å². The average molecular weight is 491 g/mol. The van der Waals surface area contributed by atoms with E-state index in [0.29, 0.717) is 16.5 Å². The molecular weight excluding hydrogens is 464 g/mol. The fourth-order valence-electron chi connectivity index (χ4n) is 4.47. The van der Waals surface area contributed by atoms with Gasteiger partial charge in [0.2, 0.25) is 0 Å². The summed E-state index contributed by atoms with van der Waals surface area (Å²) >= 11 is 6.00. The Kier molecular flexibility index (Phi) is 6.80. The first-order chi connectivity index (χ1) is 16.0. The van der Waals surface area contributed by atoms with Gasteiger partial charge in [0.05, 0.1) is 29.9 Å². The van der Waals surface area contributed by atoms with Gasteiger partial charge in [-0.2, -0.15) is 0 Å². The van der Waals surface area contributed by atoms with E-state index in [1.165, 1.54) is 0 Å². The number of ether oxygens (including phenoxy) is 3. The van der Waals surface area contributed by atoms with Gasteiger partial charge in [-0.05, 0) is 58.2 Å². The van der Waals surface area contributed by atoms with Crippen LogP contribution >= 0.6 is 11.6 Å². The highest BCUT2D eigenvalue weighted by Crippen LogP contribution is 2.42. The van der Waals surface area contributed by atoms with Crippen LogP contribution in [0.5, 0.6) is 5.75 Å². The second-order valence-corrected chi connectivity index (χ2v) is 10.0. The number of aryl methyl sites for hydroxylation is 1. The maximum Gasteiger partial charge on any atom is 0.314 e. The van der Waals surface area contributed by atoms with Crippen molar-refractivity contribution in [2.75, 3.05) is 0 Å². The van der Waals surface area contributed by atoms with E-state index in [1.807, 2.05) is 32.9 Å². The number of pyridine rings is 1. The number of hydrogen-bond donors (Lipinski definition) is 0. The summed E-state index contributed by atoms with van der Waals surface area (Å²) in [5, 5.41) is 10.7. The van der Waals surface area contributed by atoms with Crippen LogP contribution < -0.4 is 4.74 Å². The summed E-state index contributed by atoms with van der Waals surface area (Å²) in [5.41, 5.74) is 2.52. The standard InChI is InChI=1S/C24H27ClN2O7/c1-13-21(18-12-31-22(17(18)11-26-13)14-5-7-16(25)8-6-14)32-23(28)15-9-19(33-24(2,3)4)20(10-15)34-27(29)30/h5-8,11,15,19-20,22H,9-10,12H2,1-4H3/t15-,19+,20+,22?/m0/s1. The average Bonchev–Trinajstić information content (AvgIpc) is 3.33. The van der Waals surface area contributed by atoms with Gasteiger partial charge >= 0.3 is 5.97 Å². The topological polar surface area (TPSA) is 110 Å². The minimum Gasteiger partial charge on any atom is -0.424 e. The molecule has 182 valence electrons. The van der Waals surface area contributed by atoms with Crippen molar-refractivity contribution in [3.05, 3.63) is 68.0 Å². The van der Waals surface area contributed by atoms with E-state index in [1.54, 1.807) is 25.3 Å². The quantitative estimate of drug-likeness (QED) is 0.324. The van der Waals surface area contributed by atoms with E-state index in [0.717, 1.165) is 16.7 Å².